The molecule has 2 aliphatic heterocycles. The number of nitrogens with zero attached hydrogens (tertiary/aromatic N) is 2. The highest BCUT2D eigenvalue weighted by Gasteiger charge is 2.44. The molecule has 19 heavy (non-hydrogen) atoms. The largest absolute Gasteiger partial charge is 0.490 e. The number of carbonyl (C=O) groups is 1. The molecule has 2 saturated heterocycles. The summed E-state index contributed by atoms with van der Waals surface area (Å²) in [5.74, 6) is 0.235. The minimum absolute atomic E-state index is 0.0218. The zero-order valence-corrected chi connectivity index (χ0v) is 10.3. The van der Waals surface area contributed by atoms with Crippen LogP contribution in [0.25, 0.3) is 0 Å². The van der Waals surface area contributed by atoms with Crippen LogP contribution >= 0.6 is 0 Å². The van der Waals surface area contributed by atoms with E-state index in [1.165, 1.54) is 13.2 Å². The van der Waals surface area contributed by atoms with Crippen molar-refractivity contribution in [2.24, 2.45) is 0 Å². The van der Waals surface area contributed by atoms with Gasteiger partial charge >= 0.3 is 5.69 Å². The van der Waals surface area contributed by atoms with Crippen molar-refractivity contribution in [3.63, 3.8) is 0 Å². The van der Waals surface area contributed by atoms with Crippen LogP contribution < -0.4 is 15.0 Å². The Bertz CT molecular complexity index is 560. The summed E-state index contributed by atoms with van der Waals surface area (Å²) in [6.07, 6.45) is 0.790. The number of hydrogen-bond donors (Lipinski definition) is 1. The minimum atomic E-state index is -0.481. The first-order valence-corrected chi connectivity index (χ1v) is 5.99. The van der Waals surface area contributed by atoms with Gasteiger partial charge in [0, 0.05) is 30.4 Å². The number of piperazine rings is 1. The molecule has 7 heteroatoms. The SMILES string of the molecule is COc1cc(N2C[C@@H]3C[C@H]2C(=O)N3)ccc1[N+](=O)[O-]. The summed E-state index contributed by atoms with van der Waals surface area (Å²) >= 11 is 0. The van der Waals surface area contributed by atoms with E-state index in [4.69, 9.17) is 4.74 Å². The average Bonchev–Trinajstić information content (AvgIpc) is 2.96. The third-order valence-electron chi connectivity index (χ3n) is 3.64. The molecular weight excluding hydrogens is 250 g/mol. The van der Waals surface area contributed by atoms with Crippen LogP contribution in [-0.4, -0.2) is 36.6 Å². The number of rotatable bonds is 3. The highest BCUT2D eigenvalue weighted by molar-refractivity contribution is 5.90. The van der Waals surface area contributed by atoms with Crippen molar-refractivity contribution < 1.29 is 14.5 Å². The molecule has 1 aromatic carbocycles. The molecule has 0 unspecified atom stereocenters. The van der Waals surface area contributed by atoms with Crippen molar-refractivity contribution in [2.45, 2.75) is 18.5 Å². The van der Waals surface area contributed by atoms with Crippen molar-refractivity contribution in [3.05, 3.63) is 28.3 Å². The predicted molar refractivity (Wildman–Crippen MR) is 67.3 cm³/mol. The predicted octanol–water partition coefficient (Wildman–Crippen LogP) is 0.680. The molecule has 2 fully saturated rings. The van der Waals surface area contributed by atoms with Crippen LogP contribution in [0.15, 0.2) is 18.2 Å². The summed E-state index contributed by atoms with van der Waals surface area (Å²) in [6, 6.07) is 4.70. The van der Waals surface area contributed by atoms with Crippen molar-refractivity contribution in [3.8, 4) is 5.75 Å². The molecule has 0 spiro atoms. The summed E-state index contributed by atoms with van der Waals surface area (Å²) < 4.78 is 5.04. The van der Waals surface area contributed by atoms with E-state index in [-0.39, 0.29) is 29.4 Å². The number of nitro groups is 1. The monoisotopic (exact) mass is 263 g/mol. The summed E-state index contributed by atoms with van der Waals surface area (Å²) in [7, 11) is 1.40. The molecule has 2 aliphatic rings. The minimum Gasteiger partial charge on any atom is -0.490 e. The molecule has 0 aromatic heterocycles. The van der Waals surface area contributed by atoms with Gasteiger partial charge in [-0.15, -0.1) is 0 Å². The average molecular weight is 263 g/mol. The zero-order valence-electron chi connectivity index (χ0n) is 10.3. The van der Waals surface area contributed by atoms with Gasteiger partial charge in [0.05, 0.1) is 12.0 Å². The third kappa shape index (κ3) is 1.78. The van der Waals surface area contributed by atoms with E-state index in [1.807, 2.05) is 4.90 Å². The van der Waals surface area contributed by atoms with Crippen LogP contribution in [0.2, 0.25) is 0 Å². The topological polar surface area (TPSA) is 84.7 Å². The molecule has 3 rings (SSSR count). The van der Waals surface area contributed by atoms with Gasteiger partial charge in [0.15, 0.2) is 5.75 Å². The fourth-order valence-electron chi connectivity index (χ4n) is 2.77. The maximum Gasteiger partial charge on any atom is 0.311 e. The van der Waals surface area contributed by atoms with Gasteiger partial charge in [-0.25, -0.2) is 0 Å². The van der Waals surface area contributed by atoms with Crippen LogP contribution in [0.5, 0.6) is 5.75 Å². The Balaban J connectivity index is 1.94. The highest BCUT2D eigenvalue weighted by atomic mass is 16.6. The van der Waals surface area contributed by atoms with Gasteiger partial charge in [0.2, 0.25) is 5.91 Å². The van der Waals surface area contributed by atoms with Gasteiger partial charge in [0.25, 0.3) is 0 Å². The van der Waals surface area contributed by atoms with E-state index in [0.717, 1.165) is 18.7 Å². The fourth-order valence-corrected chi connectivity index (χ4v) is 2.77. The van der Waals surface area contributed by atoms with Crippen LogP contribution in [0.1, 0.15) is 6.42 Å². The van der Waals surface area contributed by atoms with Crippen molar-refractivity contribution in [1.29, 1.82) is 0 Å². The second kappa shape index (κ2) is 4.11. The van der Waals surface area contributed by atoms with E-state index in [9.17, 15) is 14.9 Å². The number of methoxy groups -OCH3 is 1. The van der Waals surface area contributed by atoms with Gasteiger partial charge in [-0.05, 0) is 12.5 Å². The molecular formula is C12H13N3O4. The lowest BCUT2D eigenvalue weighted by Crippen LogP contribution is -2.47. The molecule has 0 radical (unpaired) electrons. The number of anilines is 1. The maximum absolute atomic E-state index is 11.7. The Kier molecular flexibility index (Phi) is 2.55. The van der Waals surface area contributed by atoms with E-state index < -0.39 is 4.92 Å². The lowest BCUT2D eigenvalue weighted by atomic mass is 10.2. The number of benzene rings is 1. The van der Waals surface area contributed by atoms with Crippen molar-refractivity contribution in [1.82, 2.24) is 5.32 Å². The molecule has 2 atom stereocenters. The smallest absolute Gasteiger partial charge is 0.311 e. The molecule has 7 nitrogen and oxygen atoms in total. The number of amides is 1. The fraction of sp³-hybridized carbons (Fsp3) is 0.417. The third-order valence-corrected chi connectivity index (χ3v) is 3.64. The lowest BCUT2D eigenvalue weighted by molar-refractivity contribution is -0.385. The first-order valence-electron chi connectivity index (χ1n) is 5.99. The summed E-state index contributed by atoms with van der Waals surface area (Å²) in [5.41, 5.74) is 0.713. The van der Waals surface area contributed by atoms with Crippen LogP contribution in [0.4, 0.5) is 11.4 Å². The maximum atomic E-state index is 11.7. The Morgan fingerprint density at radius 2 is 2.32 bits per heavy atom. The Morgan fingerprint density at radius 1 is 1.53 bits per heavy atom. The van der Waals surface area contributed by atoms with Crippen molar-refractivity contribution in [2.75, 3.05) is 18.6 Å². The highest BCUT2D eigenvalue weighted by Crippen LogP contribution is 2.35. The van der Waals surface area contributed by atoms with Crippen molar-refractivity contribution >= 4 is 17.3 Å². The molecule has 0 aliphatic carbocycles. The molecule has 1 N–H and O–H groups in total. The van der Waals surface area contributed by atoms with Gasteiger partial charge in [-0.3, -0.25) is 14.9 Å². The van der Waals surface area contributed by atoms with Gasteiger partial charge in [-0.1, -0.05) is 0 Å². The first kappa shape index (κ1) is 11.8. The number of carbonyl (C=O) groups excluding carboxylic acids is 1. The zero-order chi connectivity index (χ0) is 13.6. The lowest BCUT2D eigenvalue weighted by Gasteiger charge is -2.28. The normalized spacial score (nSPS) is 24.5. The first-order chi connectivity index (χ1) is 9.10. The standard InChI is InChI=1S/C12H13N3O4/c1-19-11-5-8(2-3-9(11)15(17)18)14-6-7-4-10(14)12(16)13-7/h2-3,5,7,10H,4,6H2,1H3,(H,13,16)/t7-,10-/m0/s1. The van der Waals surface area contributed by atoms with Gasteiger partial charge < -0.3 is 15.0 Å². The Hall–Kier alpha value is -2.31. The Morgan fingerprint density at radius 3 is 2.89 bits per heavy atom. The second-order valence-electron chi connectivity index (χ2n) is 4.72. The summed E-state index contributed by atoms with van der Waals surface area (Å²) in [5, 5.41) is 13.7. The van der Waals surface area contributed by atoms with Crippen LogP contribution in [0, 0.1) is 10.1 Å². The van der Waals surface area contributed by atoms with Gasteiger partial charge in [-0.2, -0.15) is 0 Å². The number of ether oxygens (including phenoxy) is 1. The van der Waals surface area contributed by atoms with Crippen LogP contribution in [-0.2, 0) is 4.79 Å². The molecule has 2 bridgehead atoms. The second-order valence-corrected chi connectivity index (χ2v) is 4.72. The summed E-state index contributed by atoms with van der Waals surface area (Å²) in [6.45, 7) is 0.734. The van der Waals surface area contributed by atoms with Crippen LogP contribution in [0.3, 0.4) is 0 Å². The van der Waals surface area contributed by atoms with E-state index in [0.29, 0.717) is 0 Å². The molecule has 100 valence electrons. The van der Waals surface area contributed by atoms with E-state index >= 15 is 0 Å². The van der Waals surface area contributed by atoms with E-state index in [1.54, 1.807) is 12.1 Å². The molecule has 1 aromatic rings. The van der Waals surface area contributed by atoms with E-state index in [2.05, 4.69) is 5.32 Å². The molecule has 1 amide bonds. The number of hydrogen-bond acceptors (Lipinski definition) is 5. The molecule has 2 heterocycles. The van der Waals surface area contributed by atoms with Gasteiger partial charge in [0.1, 0.15) is 6.04 Å². The quantitative estimate of drug-likeness (QED) is 0.640. The number of nitrogens with one attached hydrogen (secondary N) is 1. The number of fused-ring (bicyclic) bond motifs is 2. The summed E-state index contributed by atoms with van der Waals surface area (Å²) in [4.78, 5) is 24.0. The number of nitro benzene ring substituents is 1. The Labute approximate surface area is 109 Å². The molecule has 0 saturated carbocycles.